The molecule has 1 fully saturated rings. The summed E-state index contributed by atoms with van der Waals surface area (Å²) in [5, 5.41) is 10.0. The van der Waals surface area contributed by atoms with Gasteiger partial charge in [0.2, 0.25) is 0 Å². The van der Waals surface area contributed by atoms with Gasteiger partial charge in [-0.1, -0.05) is 50.3 Å². The molecule has 1 saturated carbocycles. The average molecular weight is 222 g/mol. The molecule has 0 radical (unpaired) electrons. The highest BCUT2D eigenvalue weighted by Crippen LogP contribution is 2.32. The Labute approximate surface area is 96.3 Å². The molecule has 1 aliphatic carbocycles. The molecular formula is C14H19FO. The minimum Gasteiger partial charge on any atom is -0.388 e. The fraction of sp³-hybridized carbons (Fsp3) is 0.571. The first-order valence-electron chi connectivity index (χ1n) is 6.20. The van der Waals surface area contributed by atoms with Crippen LogP contribution in [-0.4, -0.2) is 5.11 Å². The number of hydrogen-bond donors (Lipinski definition) is 1. The van der Waals surface area contributed by atoms with Gasteiger partial charge in [0.15, 0.2) is 0 Å². The second-order valence-corrected chi connectivity index (χ2v) is 4.78. The van der Waals surface area contributed by atoms with E-state index in [0.717, 1.165) is 0 Å². The second-order valence-electron chi connectivity index (χ2n) is 4.78. The summed E-state index contributed by atoms with van der Waals surface area (Å²) >= 11 is 0. The largest absolute Gasteiger partial charge is 0.388 e. The Hall–Kier alpha value is -0.890. The predicted octanol–water partition coefficient (Wildman–Crippen LogP) is 3.83. The Kier molecular flexibility index (Phi) is 3.94. The summed E-state index contributed by atoms with van der Waals surface area (Å²) < 4.78 is 13.4. The molecule has 0 aliphatic heterocycles. The first-order valence-corrected chi connectivity index (χ1v) is 6.20. The van der Waals surface area contributed by atoms with Crippen molar-refractivity contribution >= 4 is 0 Å². The zero-order valence-electron chi connectivity index (χ0n) is 9.53. The molecule has 1 atom stereocenters. The fourth-order valence-corrected chi connectivity index (χ4v) is 2.61. The lowest BCUT2D eigenvalue weighted by molar-refractivity contribution is 0.128. The van der Waals surface area contributed by atoms with E-state index < -0.39 is 6.10 Å². The van der Waals surface area contributed by atoms with Crippen molar-refractivity contribution in [2.45, 2.75) is 44.6 Å². The summed E-state index contributed by atoms with van der Waals surface area (Å²) in [6, 6.07) is 6.54. The molecule has 1 nitrogen and oxygen atoms in total. The van der Waals surface area contributed by atoms with Crippen LogP contribution in [0.5, 0.6) is 0 Å². The average Bonchev–Trinajstić information content (AvgIpc) is 2.31. The van der Waals surface area contributed by atoms with E-state index in [1.54, 1.807) is 18.2 Å². The Morgan fingerprint density at radius 1 is 1.19 bits per heavy atom. The van der Waals surface area contributed by atoms with Gasteiger partial charge in [-0.25, -0.2) is 4.39 Å². The summed E-state index contributed by atoms with van der Waals surface area (Å²) in [6.07, 6.45) is 6.28. The molecule has 0 heterocycles. The summed E-state index contributed by atoms with van der Waals surface area (Å²) in [7, 11) is 0. The van der Waals surface area contributed by atoms with Crippen LogP contribution in [0.1, 0.15) is 50.2 Å². The van der Waals surface area contributed by atoms with Gasteiger partial charge in [0.05, 0.1) is 6.10 Å². The highest BCUT2D eigenvalue weighted by molar-refractivity contribution is 5.19. The quantitative estimate of drug-likeness (QED) is 0.824. The monoisotopic (exact) mass is 222 g/mol. The van der Waals surface area contributed by atoms with E-state index in [1.165, 1.54) is 38.2 Å². The summed E-state index contributed by atoms with van der Waals surface area (Å²) in [6.45, 7) is 0. The summed E-state index contributed by atoms with van der Waals surface area (Å²) in [5.74, 6) is 0.286. The lowest BCUT2D eigenvalue weighted by atomic mass is 9.84. The number of benzene rings is 1. The molecule has 1 unspecified atom stereocenters. The highest BCUT2D eigenvalue weighted by atomic mass is 19.1. The van der Waals surface area contributed by atoms with Crippen LogP contribution >= 0.6 is 0 Å². The van der Waals surface area contributed by atoms with Crippen LogP contribution in [0.2, 0.25) is 0 Å². The van der Waals surface area contributed by atoms with Crippen LogP contribution in [0, 0.1) is 11.7 Å². The van der Waals surface area contributed by atoms with Gasteiger partial charge < -0.3 is 5.11 Å². The molecule has 1 aliphatic rings. The number of aliphatic hydroxyl groups is 1. The van der Waals surface area contributed by atoms with Gasteiger partial charge in [-0.15, -0.1) is 0 Å². The molecule has 0 aromatic heterocycles. The van der Waals surface area contributed by atoms with Gasteiger partial charge in [-0.2, -0.15) is 0 Å². The number of aliphatic hydroxyl groups excluding tert-OH is 1. The van der Waals surface area contributed by atoms with Crippen molar-refractivity contribution in [3.05, 3.63) is 35.6 Å². The lowest BCUT2D eigenvalue weighted by Crippen LogP contribution is -2.11. The Balaban J connectivity index is 1.96. The Bertz CT molecular complexity index is 331. The zero-order valence-corrected chi connectivity index (χ0v) is 9.53. The van der Waals surface area contributed by atoms with Crippen LogP contribution in [0.15, 0.2) is 24.3 Å². The van der Waals surface area contributed by atoms with Crippen LogP contribution in [-0.2, 0) is 0 Å². The molecule has 0 spiro atoms. The van der Waals surface area contributed by atoms with E-state index in [9.17, 15) is 9.50 Å². The second kappa shape index (κ2) is 5.44. The Morgan fingerprint density at radius 3 is 2.56 bits per heavy atom. The number of rotatable bonds is 3. The van der Waals surface area contributed by atoms with Crippen molar-refractivity contribution < 1.29 is 9.50 Å². The molecule has 0 saturated heterocycles. The predicted molar refractivity (Wildman–Crippen MR) is 62.6 cm³/mol. The molecule has 0 amide bonds. The minimum atomic E-state index is -0.635. The molecule has 1 aromatic rings. The topological polar surface area (TPSA) is 20.2 Å². The maximum atomic E-state index is 13.4. The normalized spacial score (nSPS) is 19.6. The van der Waals surface area contributed by atoms with Crippen LogP contribution in [0.4, 0.5) is 4.39 Å². The van der Waals surface area contributed by atoms with Crippen molar-refractivity contribution in [2.24, 2.45) is 5.92 Å². The first kappa shape index (κ1) is 11.6. The lowest BCUT2D eigenvalue weighted by Gasteiger charge is -2.24. The third kappa shape index (κ3) is 2.82. The van der Waals surface area contributed by atoms with Crippen LogP contribution in [0.3, 0.4) is 0 Å². The van der Waals surface area contributed by atoms with E-state index >= 15 is 0 Å². The number of halogens is 1. The minimum absolute atomic E-state index is 0.286. The maximum absolute atomic E-state index is 13.4. The fourth-order valence-electron chi connectivity index (χ4n) is 2.61. The SMILES string of the molecule is OC(CC1CCCCC1)c1ccccc1F. The smallest absolute Gasteiger partial charge is 0.128 e. The Morgan fingerprint density at radius 2 is 1.88 bits per heavy atom. The van der Waals surface area contributed by atoms with E-state index in [0.29, 0.717) is 17.9 Å². The first-order chi connectivity index (χ1) is 7.77. The molecule has 16 heavy (non-hydrogen) atoms. The van der Waals surface area contributed by atoms with Crippen molar-refractivity contribution in [1.29, 1.82) is 0 Å². The van der Waals surface area contributed by atoms with Gasteiger partial charge >= 0.3 is 0 Å². The van der Waals surface area contributed by atoms with Crippen LogP contribution < -0.4 is 0 Å². The van der Waals surface area contributed by atoms with E-state index in [2.05, 4.69) is 0 Å². The summed E-state index contributed by atoms with van der Waals surface area (Å²) in [4.78, 5) is 0. The maximum Gasteiger partial charge on any atom is 0.128 e. The molecule has 1 N–H and O–H groups in total. The molecule has 2 rings (SSSR count). The van der Waals surface area contributed by atoms with Gasteiger partial charge in [0.1, 0.15) is 5.82 Å². The van der Waals surface area contributed by atoms with Gasteiger partial charge in [0.25, 0.3) is 0 Å². The van der Waals surface area contributed by atoms with E-state index in [-0.39, 0.29) is 5.82 Å². The highest BCUT2D eigenvalue weighted by Gasteiger charge is 2.20. The van der Waals surface area contributed by atoms with E-state index in [1.807, 2.05) is 0 Å². The molecule has 1 aromatic carbocycles. The summed E-state index contributed by atoms with van der Waals surface area (Å²) in [5.41, 5.74) is 0.452. The third-order valence-electron chi connectivity index (χ3n) is 3.55. The van der Waals surface area contributed by atoms with Gasteiger partial charge in [-0.05, 0) is 18.4 Å². The molecule has 88 valence electrons. The standard InChI is InChI=1S/C14H19FO/c15-13-9-5-4-8-12(13)14(16)10-11-6-2-1-3-7-11/h4-5,8-9,11,14,16H,1-3,6-7,10H2. The third-order valence-corrected chi connectivity index (χ3v) is 3.55. The van der Waals surface area contributed by atoms with Crippen molar-refractivity contribution in [3.8, 4) is 0 Å². The van der Waals surface area contributed by atoms with Crippen molar-refractivity contribution in [1.82, 2.24) is 0 Å². The van der Waals surface area contributed by atoms with E-state index in [4.69, 9.17) is 0 Å². The molecule has 2 heteroatoms. The molecule has 0 bridgehead atoms. The zero-order chi connectivity index (χ0) is 11.4. The van der Waals surface area contributed by atoms with Gasteiger partial charge in [-0.3, -0.25) is 0 Å². The van der Waals surface area contributed by atoms with Crippen LogP contribution in [0.25, 0.3) is 0 Å². The number of hydrogen-bond acceptors (Lipinski definition) is 1. The van der Waals surface area contributed by atoms with Crippen molar-refractivity contribution in [3.63, 3.8) is 0 Å². The van der Waals surface area contributed by atoms with Gasteiger partial charge in [0, 0.05) is 5.56 Å². The molecular weight excluding hydrogens is 203 g/mol. The van der Waals surface area contributed by atoms with Crippen molar-refractivity contribution in [2.75, 3.05) is 0 Å².